The fourth-order valence-corrected chi connectivity index (χ4v) is 9.97. The van der Waals surface area contributed by atoms with Crippen molar-refractivity contribution in [1.29, 1.82) is 0 Å². The second kappa shape index (κ2) is 14.7. The van der Waals surface area contributed by atoms with E-state index < -0.39 is 8.07 Å². The van der Waals surface area contributed by atoms with Gasteiger partial charge in [-0.3, -0.25) is 0 Å². The molecule has 4 aromatic carbocycles. The lowest BCUT2D eigenvalue weighted by molar-refractivity contribution is 0.834. The van der Waals surface area contributed by atoms with Gasteiger partial charge < -0.3 is 4.57 Å². The van der Waals surface area contributed by atoms with Gasteiger partial charge in [-0.2, -0.15) is 0 Å². The molecular weight excluding hydrogens is 487 g/mol. The second-order valence-corrected chi connectivity index (χ2v) is 13.9. The van der Waals surface area contributed by atoms with Gasteiger partial charge in [-0.1, -0.05) is 155 Å². The average Bonchev–Trinajstić information content (AvgIpc) is 3.53. The lowest BCUT2D eigenvalue weighted by Gasteiger charge is -2.33. The molecule has 0 amide bonds. The van der Waals surface area contributed by atoms with E-state index in [9.17, 15) is 0 Å². The Balaban J connectivity index is 0.000000202. The molecule has 0 bridgehead atoms. The molecule has 0 N–H and O–H groups in total. The predicted octanol–water partition coefficient (Wildman–Crippen LogP) is 5.67. The molecule has 0 aliphatic rings. The zero-order valence-corrected chi connectivity index (χ0v) is 23.6. The van der Waals surface area contributed by atoms with Crippen molar-refractivity contribution in [2.24, 2.45) is 0 Å². The molecule has 39 heavy (non-hydrogen) atoms. The van der Waals surface area contributed by atoms with Crippen LogP contribution in [-0.2, 0) is 6.17 Å². The van der Waals surface area contributed by atoms with Crippen LogP contribution in [0.5, 0.6) is 0 Å². The monoisotopic (exact) mass is 524 g/mol. The first kappa shape index (κ1) is 27.9. The van der Waals surface area contributed by atoms with E-state index in [-0.39, 0.29) is 0 Å². The molecule has 0 saturated heterocycles. The van der Waals surface area contributed by atoms with Gasteiger partial charge in [0.25, 0.3) is 0 Å². The van der Waals surface area contributed by atoms with Gasteiger partial charge in [-0.15, -0.1) is 19.1 Å². The molecule has 0 radical (unpaired) electrons. The summed E-state index contributed by atoms with van der Waals surface area (Å²) in [7, 11) is -1.91. The summed E-state index contributed by atoms with van der Waals surface area (Å²) in [4.78, 5) is 4.26. The van der Waals surface area contributed by atoms with Crippen LogP contribution in [0.2, 0.25) is 6.04 Å². The second-order valence-electron chi connectivity index (χ2n) is 9.76. The van der Waals surface area contributed by atoms with Crippen LogP contribution in [0.4, 0.5) is 0 Å². The molecule has 2 nitrogen and oxygen atoms in total. The van der Waals surface area contributed by atoms with E-state index in [2.05, 4.69) is 138 Å². The molecule has 0 saturated carbocycles. The molecule has 194 valence electrons. The highest BCUT2D eigenvalue weighted by Gasteiger charge is 2.36. The molecule has 0 fully saturated rings. The van der Waals surface area contributed by atoms with E-state index in [0.717, 1.165) is 12.6 Å². The Morgan fingerprint density at radius 1 is 0.692 bits per heavy atom. The average molecular weight is 525 g/mol. The molecule has 0 aliphatic carbocycles. The summed E-state index contributed by atoms with van der Waals surface area (Å²) in [6.07, 6.45) is 11.2. The summed E-state index contributed by atoms with van der Waals surface area (Å²) in [5.74, 6) is 1.99. The van der Waals surface area contributed by atoms with Crippen molar-refractivity contribution in [3.05, 3.63) is 165 Å². The lowest BCUT2D eigenvalue weighted by Crippen LogP contribution is -2.61. The number of unbranched alkanes of at least 4 members (excludes halogenated alkanes) is 1. The molecule has 1 heterocycles. The lowest BCUT2D eigenvalue weighted by atomic mass is 9.41. The smallest absolute Gasteiger partial charge is 0.233 e. The molecule has 0 aliphatic heterocycles. The van der Waals surface area contributed by atoms with Crippen LogP contribution in [0.1, 0.15) is 12.8 Å². The Hall–Kier alpha value is -4.15. The normalized spacial score (nSPS) is 10.7. The van der Waals surface area contributed by atoms with Crippen molar-refractivity contribution in [2.75, 3.05) is 0 Å². The number of rotatable bonds is 11. The third kappa shape index (κ3) is 7.46. The fourth-order valence-electron chi connectivity index (χ4n) is 5.26. The van der Waals surface area contributed by atoms with Crippen LogP contribution in [-0.4, -0.2) is 24.3 Å². The van der Waals surface area contributed by atoms with Crippen molar-refractivity contribution in [1.82, 2.24) is 9.55 Å². The summed E-state index contributed by atoms with van der Waals surface area (Å²) in [5.41, 5.74) is 2.58. The van der Waals surface area contributed by atoms with Crippen molar-refractivity contribution in [3.63, 3.8) is 0 Å². The molecule has 0 unspecified atom stereocenters. The molecule has 0 spiro atoms. The van der Waals surface area contributed by atoms with Gasteiger partial charge in [0, 0.05) is 18.6 Å². The van der Waals surface area contributed by atoms with Crippen LogP contribution < -0.4 is 21.3 Å². The van der Waals surface area contributed by atoms with Crippen LogP contribution in [0.15, 0.2) is 165 Å². The van der Waals surface area contributed by atoms with Crippen LogP contribution >= 0.6 is 0 Å². The maximum absolute atomic E-state index is 4.26. The fraction of sp³-hybridized carbons (Fsp3) is 0.114. The number of hydrogen-bond acceptors (Lipinski definition) is 1. The van der Waals surface area contributed by atoms with Crippen molar-refractivity contribution >= 4 is 36.1 Å². The quantitative estimate of drug-likeness (QED) is 0.124. The largest absolute Gasteiger partial charge is 0.340 e. The van der Waals surface area contributed by atoms with E-state index in [0.29, 0.717) is 6.71 Å². The maximum atomic E-state index is 4.26. The van der Waals surface area contributed by atoms with Gasteiger partial charge >= 0.3 is 0 Å². The number of aromatic nitrogens is 2. The van der Waals surface area contributed by atoms with Crippen LogP contribution in [0, 0.1) is 0 Å². The van der Waals surface area contributed by atoms with Gasteiger partial charge in [-0.05, 0) is 12.5 Å². The Bertz CT molecular complexity index is 1290. The zero-order chi connectivity index (χ0) is 27.2. The van der Waals surface area contributed by atoms with Crippen molar-refractivity contribution < 1.29 is 0 Å². The van der Waals surface area contributed by atoms with E-state index in [1.54, 1.807) is 0 Å². The topological polar surface area (TPSA) is 17.8 Å². The first-order valence-corrected chi connectivity index (χ1v) is 16.1. The van der Waals surface area contributed by atoms with Gasteiger partial charge in [0.1, 0.15) is 8.07 Å². The Morgan fingerprint density at radius 3 is 1.59 bits per heavy atom. The molecule has 1 aromatic heterocycles. The summed E-state index contributed by atoms with van der Waals surface area (Å²) >= 11 is 0. The Kier molecular flexibility index (Phi) is 10.5. The number of imidazole rings is 1. The van der Waals surface area contributed by atoms with Crippen LogP contribution in [0.3, 0.4) is 0 Å². The van der Waals surface area contributed by atoms with Gasteiger partial charge in [0.2, 0.25) is 6.71 Å². The van der Waals surface area contributed by atoms with E-state index >= 15 is 0 Å². The third-order valence-corrected chi connectivity index (χ3v) is 12.2. The highest BCUT2D eigenvalue weighted by molar-refractivity contribution is 7.01. The SMILES string of the molecule is C=CB(c1ccccc1)c1ccccc1.C=CCCC[Si](Cn1ccnc1)(c1ccccc1)c1ccccc1. The summed E-state index contributed by atoms with van der Waals surface area (Å²) in [6, 6.07) is 44.2. The van der Waals surface area contributed by atoms with Crippen LogP contribution in [0.25, 0.3) is 0 Å². The van der Waals surface area contributed by atoms with E-state index in [1.165, 1.54) is 33.8 Å². The summed E-state index contributed by atoms with van der Waals surface area (Å²) in [6.45, 7) is 8.11. The first-order valence-electron chi connectivity index (χ1n) is 13.7. The number of allylic oxidation sites excluding steroid dienone is 1. The minimum Gasteiger partial charge on any atom is -0.340 e. The minimum absolute atomic E-state index is 0.299. The maximum Gasteiger partial charge on any atom is 0.233 e. The van der Waals surface area contributed by atoms with Gasteiger partial charge in [-0.25, -0.2) is 4.98 Å². The zero-order valence-electron chi connectivity index (χ0n) is 22.6. The van der Waals surface area contributed by atoms with E-state index in [1.807, 2.05) is 36.7 Å². The summed E-state index contributed by atoms with van der Waals surface area (Å²) < 4.78 is 2.25. The highest BCUT2D eigenvalue weighted by Crippen LogP contribution is 2.18. The third-order valence-electron chi connectivity index (χ3n) is 7.23. The number of nitrogens with zero attached hydrogens (tertiary/aromatic N) is 2. The predicted molar refractivity (Wildman–Crippen MR) is 172 cm³/mol. The first-order chi connectivity index (χ1) is 19.3. The number of benzene rings is 4. The molecule has 5 aromatic rings. The van der Waals surface area contributed by atoms with Crippen molar-refractivity contribution in [3.8, 4) is 0 Å². The molecular formula is C35H37BN2Si. The summed E-state index contributed by atoms with van der Waals surface area (Å²) in [5, 5.41) is 2.99. The molecule has 4 heteroatoms. The van der Waals surface area contributed by atoms with Gasteiger partial charge in [0.05, 0.1) is 6.33 Å². The molecule has 0 atom stereocenters. The highest BCUT2D eigenvalue weighted by atomic mass is 28.3. The molecule has 5 rings (SSSR count). The van der Waals surface area contributed by atoms with Crippen molar-refractivity contribution in [2.45, 2.75) is 25.1 Å². The van der Waals surface area contributed by atoms with Gasteiger partial charge in [0.15, 0.2) is 0 Å². The Morgan fingerprint density at radius 2 is 1.18 bits per heavy atom. The standard InChI is InChI=1S/C21H24N2Si.C14H13B/c1-2-3-10-17-24(19-23-16-15-22-18-23,20-11-6-4-7-12-20)21-13-8-5-9-14-21;1-2-15(13-9-5-3-6-10-13)14-11-7-4-8-12-14/h2,4-9,11-16,18H,1,3,10,17,19H2;2-12H,1H2. The number of hydrogen-bond donors (Lipinski definition) is 0. The van der Waals surface area contributed by atoms with E-state index in [4.69, 9.17) is 0 Å². The minimum atomic E-state index is -1.91. The Labute approximate surface area is 235 Å².